The molecule has 0 N–H and O–H groups in total. The van der Waals surface area contributed by atoms with Crippen molar-refractivity contribution in [2.24, 2.45) is 0 Å². The summed E-state index contributed by atoms with van der Waals surface area (Å²) in [6, 6.07) is 5.31. The molecule has 0 spiro atoms. The van der Waals surface area contributed by atoms with E-state index in [-0.39, 0.29) is 5.88 Å². The number of rotatable bonds is 3. The molecule has 1 rings (SSSR count). The van der Waals surface area contributed by atoms with Gasteiger partial charge in [-0.2, -0.15) is 5.26 Å². The third-order valence-electron chi connectivity index (χ3n) is 2.44. The number of hydrogen-bond acceptors (Lipinski definition) is 3. The number of hydrogen-bond donors (Lipinski definition) is 0. The highest BCUT2D eigenvalue weighted by Gasteiger charge is 2.16. The van der Waals surface area contributed by atoms with E-state index >= 15 is 0 Å². The van der Waals surface area contributed by atoms with E-state index in [1.807, 2.05) is 6.92 Å². The predicted octanol–water partition coefficient (Wildman–Crippen LogP) is 2.65. The Morgan fingerprint density at radius 2 is 2.19 bits per heavy atom. The standard InChI is InChI=1S/C12H12ClNO2/c1-3-9-8(7-14)4-5-10(11(9)6-13)12(15)16-2/h4-5H,3,6H2,1-2H3. The first kappa shape index (κ1) is 12.5. The zero-order valence-corrected chi connectivity index (χ0v) is 9.97. The Kier molecular flexibility index (Phi) is 4.33. The van der Waals surface area contributed by atoms with Crippen LogP contribution in [0.15, 0.2) is 12.1 Å². The number of nitrogens with zero attached hydrogens (tertiary/aromatic N) is 1. The minimum atomic E-state index is -0.421. The highest BCUT2D eigenvalue weighted by molar-refractivity contribution is 6.17. The number of halogens is 1. The van der Waals surface area contributed by atoms with Gasteiger partial charge in [0, 0.05) is 5.88 Å². The van der Waals surface area contributed by atoms with Crippen LogP contribution in [0.5, 0.6) is 0 Å². The molecule has 0 unspecified atom stereocenters. The number of benzene rings is 1. The number of esters is 1. The SMILES string of the molecule is CCc1c(C#N)ccc(C(=O)OC)c1CCl. The number of alkyl halides is 1. The topological polar surface area (TPSA) is 50.1 Å². The van der Waals surface area contributed by atoms with Gasteiger partial charge in [0.15, 0.2) is 0 Å². The molecule has 84 valence electrons. The monoisotopic (exact) mass is 237 g/mol. The van der Waals surface area contributed by atoms with Crippen molar-refractivity contribution < 1.29 is 9.53 Å². The third-order valence-corrected chi connectivity index (χ3v) is 2.71. The van der Waals surface area contributed by atoms with Crippen LogP contribution in [0, 0.1) is 11.3 Å². The molecule has 0 aliphatic carbocycles. The Labute approximate surface area is 99.6 Å². The van der Waals surface area contributed by atoms with E-state index in [9.17, 15) is 4.79 Å². The van der Waals surface area contributed by atoms with Crippen LogP contribution in [-0.4, -0.2) is 13.1 Å². The summed E-state index contributed by atoms with van der Waals surface area (Å²) in [6.45, 7) is 1.92. The van der Waals surface area contributed by atoms with Crippen LogP contribution >= 0.6 is 11.6 Å². The van der Waals surface area contributed by atoms with Gasteiger partial charge >= 0.3 is 5.97 Å². The molecule has 0 fully saturated rings. The molecule has 0 bridgehead atoms. The van der Waals surface area contributed by atoms with Crippen LogP contribution in [0.25, 0.3) is 0 Å². The summed E-state index contributed by atoms with van der Waals surface area (Å²) in [5, 5.41) is 8.95. The summed E-state index contributed by atoms with van der Waals surface area (Å²) in [6.07, 6.45) is 0.662. The molecule has 0 amide bonds. The average Bonchev–Trinajstić information content (AvgIpc) is 2.35. The molecule has 0 aliphatic heterocycles. The molecule has 0 aromatic heterocycles. The Morgan fingerprint density at radius 3 is 2.62 bits per heavy atom. The van der Waals surface area contributed by atoms with Gasteiger partial charge in [0.25, 0.3) is 0 Å². The molecule has 4 heteroatoms. The van der Waals surface area contributed by atoms with Crippen LogP contribution < -0.4 is 0 Å². The third kappa shape index (κ3) is 2.17. The normalized spacial score (nSPS) is 9.62. The Bertz CT molecular complexity index is 449. The molecule has 0 saturated heterocycles. The van der Waals surface area contributed by atoms with Crippen LogP contribution in [0.3, 0.4) is 0 Å². The maximum Gasteiger partial charge on any atom is 0.338 e. The van der Waals surface area contributed by atoms with E-state index in [4.69, 9.17) is 16.9 Å². The summed E-state index contributed by atoms with van der Waals surface area (Å²) in [5.74, 6) is -0.224. The smallest absolute Gasteiger partial charge is 0.338 e. The lowest BCUT2D eigenvalue weighted by molar-refractivity contribution is 0.0599. The van der Waals surface area contributed by atoms with Crippen molar-refractivity contribution in [1.29, 1.82) is 5.26 Å². The Balaban J connectivity index is 3.44. The summed E-state index contributed by atoms with van der Waals surface area (Å²) in [4.78, 5) is 11.5. The van der Waals surface area contributed by atoms with Gasteiger partial charge in [0.1, 0.15) is 0 Å². The summed E-state index contributed by atoms with van der Waals surface area (Å²) in [5.41, 5.74) is 2.51. The second-order valence-corrected chi connectivity index (χ2v) is 3.48. The van der Waals surface area contributed by atoms with Gasteiger partial charge in [0.2, 0.25) is 0 Å². The van der Waals surface area contributed by atoms with Gasteiger partial charge in [-0.05, 0) is 29.7 Å². The highest BCUT2D eigenvalue weighted by Crippen LogP contribution is 2.22. The van der Waals surface area contributed by atoms with Crippen LogP contribution in [0.4, 0.5) is 0 Å². The van der Waals surface area contributed by atoms with Gasteiger partial charge in [-0.1, -0.05) is 6.92 Å². The van der Waals surface area contributed by atoms with Crippen molar-refractivity contribution in [2.75, 3.05) is 7.11 Å². The summed E-state index contributed by atoms with van der Waals surface area (Å²) >= 11 is 5.83. The van der Waals surface area contributed by atoms with E-state index in [0.29, 0.717) is 23.1 Å². The van der Waals surface area contributed by atoms with Crippen molar-refractivity contribution in [2.45, 2.75) is 19.2 Å². The van der Waals surface area contributed by atoms with Gasteiger partial charge in [-0.3, -0.25) is 0 Å². The van der Waals surface area contributed by atoms with Gasteiger partial charge < -0.3 is 4.74 Å². The lowest BCUT2D eigenvalue weighted by atomic mass is 9.95. The fourth-order valence-corrected chi connectivity index (χ4v) is 1.96. The second kappa shape index (κ2) is 5.53. The first-order valence-corrected chi connectivity index (χ1v) is 5.42. The first-order chi connectivity index (χ1) is 7.69. The fraction of sp³-hybridized carbons (Fsp3) is 0.333. The Hall–Kier alpha value is -1.53. The van der Waals surface area contributed by atoms with Crippen LogP contribution in [0.2, 0.25) is 0 Å². The number of carbonyl (C=O) groups is 1. The molecule has 0 radical (unpaired) electrons. The first-order valence-electron chi connectivity index (χ1n) is 4.88. The van der Waals surface area contributed by atoms with Crippen molar-refractivity contribution in [3.8, 4) is 6.07 Å². The van der Waals surface area contributed by atoms with Crippen molar-refractivity contribution in [3.05, 3.63) is 34.4 Å². The summed E-state index contributed by atoms with van der Waals surface area (Å²) in [7, 11) is 1.32. The van der Waals surface area contributed by atoms with Crippen LogP contribution in [-0.2, 0) is 17.0 Å². The molecule has 0 aliphatic rings. The maximum absolute atomic E-state index is 11.5. The van der Waals surface area contributed by atoms with Crippen molar-refractivity contribution >= 4 is 17.6 Å². The molecule has 3 nitrogen and oxygen atoms in total. The highest BCUT2D eigenvalue weighted by atomic mass is 35.5. The second-order valence-electron chi connectivity index (χ2n) is 3.21. The number of nitriles is 1. The lowest BCUT2D eigenvalue weighted by Crippen LogP contribution is -2.08. The Morgan fingerprint density at radius 1 is 1.50 bits per heavy atom. The van der Waals surface area contributed by atoms with E-state index < -0.39 is 5.97 Å². The minimum Gasteiger partial charge on any atom is -0.465 e. The van der Waals surface area contributed by atoms with Gasteiger partial charge in [0.05, 0.1) is 24.3 Å². The molecule has 0 heterocycles. The zero-order chi connectivity index (χ0) is 12.1. The quantitative estimate of drug-likeness (QED) is 0.600. The van der Waals surface area contributed by atoms with E-state index in [1.54, 1.807) is 12.1 Å². The lowest BCUT2D eigenvalue weighted by Gasteiger charge is -2.11. The number of ether oxygens (including phenoxy) is 1. The molecule has 0 saturated carbocycles. The predicted molar refractivity (Wildman–Crippen MR) is 61.4 cm³/mol. The molecule has 16 heavy (non-hydrogen) atoms. The van der Waals surface area contributed by atoms with Crippen LogP contribution in [0.1, 0.15) is 34.0 Å². The summed E-state index contributed by atoms with van der Waals surface area (Å²) < 4.78 is 4.67. The number of methoxy groups -OCH3 is 1. The molecule has 1 aromatic rings. The zero-order valence-electron chi connectivity index (χ0n) is 9.21. The minimum absolute atomic E-state index is 0.198. The van der Waals surface area contributed by atoms with E-state index in [0.717, 1.165) is 5.56 Å². The fourth-order valence-electron chi connectivity index (χ4n) is 1.66. The molecular formula is C12H12ClNO2. The molecule has 1 aromatic carbocycles. The largest absolute Gasteiger partial charge is 0.465 e. The number of carbonyl (C=O) groups excluding carboxylic acids is 1. The van der Waals surface area contributed by atoms with E-state index in [2.05, 4.69) is 10.8 Å². The molecule has 0 atom stereocenters. The van der Waals surface area contributed by atoms with Crippen molar-refractivity contribution in [3.63, 3.8) is 0 Å². The van der Waals surface area contributed by atoms with E-state index in [1.165, 1.54) is 7.11 Å². The van der Waals surface area contributed by atoms with Gasteiger partial charge in [-0.25, -0.2) is 4.79 Å². The average molecular weight is 238 g/mol. The maximum atomic E-state index is 11.5. The molecular weight excluding hydrogens is 226 g/mol. The van der Waals surface area contributed by atoms with Gasteiger partial charge in [-0.15, -0.1) is 11.6 Å². The van der Waals surface area contributed by atoms with Crippen molar-refractivity contribution in [1.82, 2.24) is 0 Å².